The number of quaternary nitrogens is 1. The summed E-state index contributed by atoms with van der Waals surface area (Å²) in [6.07, 6.45) is 0. The number of benzene rings is 2. The summed E-state index contributed by atoms with van der Waals surface area (Å²) in [5.74, 6) is -0.215. The van der Waals surface area contributed by atoms with Crippen molar-refractivity contribution in [3.05, 3.63) is 59.1 Å². The molecule has 0 aliphatic rings. The Morgan fingerprint density at radius 2 is 1.71 bits per heavy atom. The molecule has 0 radical (unpaired) electrons. The Morgan fingerprint density at radius 1 is 1.08 bits per heavy atom. The Hall–Kier alpha value is -2.37. The van der Waals surface area contributed by atoms with Crippen molar-refractivity contribution < 1.29 is 14.9 Å². The molecule has 0 aromatic heterocycles. The Labute approximate surface area is 146 Å². The molecule has 0 bridgehead atoms. The number of rotatable bonds is 6. The fraction of sp³-hybridized carbons (Fsp3) is 0.222. The zero-order chi connectivity index (χ0) is 17.5. The second-order valence-electron chi connectivity index (χ2n) is 5.59. The maximum absolute atomic E-state index is 12.0. The van der Waals surface area contributed by atoms with Gasteiger partial charge in [0.05, 0.1) is 0 Å². The van der Waals surface area contributed by atoms with Gasteiger partial charge in [-0.25, -0.2) is 0 Å². The van der Waals surface area contributed by atoms with Crippen LogP contribution in [0.5, 0.6) is 0 Å². The first-order valence-corrected chi connectivity index (χ1v) is 8.08. The molecule has 0 saturated heterocycles. The van der Waals surface area contributed by atoms with Gasteiger partial charge in [0.2, 0.25) is 5.91 Å². The third-order valence-corrected chi connectivity index (χ3v) is 3.76. The van der Waals surface area contributed by atoms with Gasteiger partial charge in [0.25, 0.3) is 5.91 Å². The van der Waals surface area contributed by atoms with E-state index in [9.17, 15) is 9.59 Å². The quantitative estimate of drug-likeness (QED) is 0.752. The Kier molecular flexibility index (Phi) is 6.35. The molecule has 4 N–H and O–H groups in total. The maximum atomic E-state index is 12.0. The van der Waals surface area contributed by atoms with Crippen LogP contribution in [0.15, 0.2) is 48.5 Å². The number of hydrogen-bond donors (Lipinski definition) is 3. The van der Waals surface area contributed by atoms with Crippen molar-refractivity contribution in [2.75, 3.05) is 17.2 Å². The van der Waals surface area contributed by atoms with Gasteiger partial charge in [0.1, 0.15) is 6.04 Å². The second-order valence-corrected chi connectivity index (χ2v) is 6.03. The zero-order valence-corrected chi connectivity index (χ0v) is 14.4. The number of carbonyl (C=O) groups excluding carboxylic acids is 2. The van der Waals surface area contributed by atoms with Gasteiger partial charge in [0.15, 0.2) is 6.54 Å². The maximum Gasteiger partial charge on any atom is 0.279 e. The van der Waals surface area contributed by atoms with E-state index in [0.717, 1.165) is 5.56 Å². The van der Waals surface area contributed by atoms with Crippen LogP contribution < -0.4 is 16.0 Å². The standard InChI is InChI=1S/C18H20ClN3O2/c1-12(14-4-3-5-15(19)10-14)20-11-18(24)22-17-8-6-16(7-9-17)21-13(2)23/h3-10,12,20H,11H2,1-2H3,(H,21,23)(H,22,24)/p+1/t12-/m0/s1. The predicted molar refractivity (Wildman–Crippen MR) is 96.0 cm³/mol. The Bertz CT molecular complexity index is 716. The van der Waals surface area contributed by atoms with Crippen molar-refractivity contribution in [3.8, 4) is 0 Å². The fourth-order valence-corrected chi connectivity index (χ4v) is 2.46. The monoisotopic (exact) mass is 346 g/mol. The molecular formula is C18H21ClN3O2+. The molecule has 0 unspecified atom stereocenters. The first kappa shape index (κ1) is 18.0. The van der Waals surface area contributed by atoms with Gasteiger partial charge in [-0.05, 0) is 43.3 Å². The van der Waals surface area contributed by atoms with E-state index in [1.807, 2.05) is 36.5 Å². The zero-order valence-electron chi connectivity index (χ0n) is 13.7. The van der Waals surface area contributed by atoms with Crippen molar-refractivity contribution in [2.45, 2.75) is 19.9 Å². The van der Waals surface area contributed by atoms with Gasteiger partial charge in [-0.2, -0.15) is 0 Å². The van der Waals surface area contributed by atoms with E-state index in [-0.39, 0.29) is 17.9 Å². The molecule has 0 aliphatic heterocycles. The number of nitrogens with two attached hydrogens (primary N) is 1. The number of halogens is 1. The summed E-state index contributed by atoms with van der Waals surface area (Å²) in [6, 6.07) is 14.8. The first-order chi connectivity index (χ1) is 11.4. The van der Waals surface area contributed by atoms with E-state index in [1.165, 1.54) is 6.92 Å². The minimum absolute atomic E-state index is 0.0869. The van der Waals surface area contributed by atoms with Crippen molar-refractivity contribution in [1.82, 2.24) is 0 Å². The molecule has 2 aromatic rings. The summed E-state index contributed by atoms with van der Waals surface area (Å²) in [5.41, 5.74) is 2.47. The molecule has 2 rings (SSSR count). The highest BCUT2D eigenvalue weighted by Gasteiger charge is 2.12. The molecule has 2 aromatic carbocycles. The van der Waals surface area contributed by atoms with E-state index in [1.54, 1.807) is 24.3 Å². The summed E-state index contributed by atoms with van der Waals surface area (Å²) in [4.78, 5) is 23.0. The van der Waals surface area contributed by atoms with Crippen molar-refractivity contribution in [3.63, 3.8) is 0 Å². The van der Waals surface area contributed by atoms with Gasteiger partial charge in [-0.1, -0.05) is 23.7 Å². The third-order valence-electron chi connectivity index (χ3n) is 3.52. The van der Waals surface area contributed by atoms with Gasteiger partial charge < -0.3 is 16.0 Å². The minimum Gasteiger partial charge on any atom is -0.333 e. The summed E-state index contributed by atoms with van der Waals surface area (Å²) in [7, 11) is 0. The van der Waals surface area contributed by atoms with Crippen molar-refractivity contribution in [1.29, 1.82) is 0 Å². The lowest BCUT2D eigenvalue weighted by Gasteiger charge is -2.12. The van der Waals surface area contributed by atoms with E-state index in [0.29, 0.717) is 22.9 Å². The SMILES string of the molecule is CC(=O)Nc1ccc(NC(=O)C[NH2+][C@@H](C)c2cccc(Cl)c2)cc1. The summed E-state index contributed by atoms with van der Waals surface area (Å²) < 4.78 is 0. The van der Waals surface area contributed by atoms with E-state index < -0.39 is 0 Å². The third kappa shape index (κ3) is 5.68. The van der Waals surface area contributed by atoms with Gasteiger partial charge in [-0.3, -0.25) is 9.59 Å². The molecule has 0 spiro atoms. The van der Waals surface area contributed by atoms with Crippen LogP contribution in [0, 0.1) is 0 Å². The predicted octanol–water partition coefficient (Wildman–Crippen LogP) is 2.56. The molecule has 0 fully saturated rings. The van der Waals surface area contributed by atoms with Crippen LogP contribution in [0.4, 0.5) is 11.4 Å². The second kappa shape index (κ2) is 8.47. The largest absolute Gasteiger partial charge is 0.333 e. The molecule has 24 heavy (non-hydrogen) atoms. The van der Waals surface area contributed by atoms with Crippen LogP contribution in [0.1, 0.15) is 25.5 Å². The molecule has 0 saturated carbocycles. The summed E-state index contributed by atoms with van der Waals surface area (Å²) in [6.45, 7) is 3.79. The highest BCUT2D eigenvalue weighted by Crippen LogP contribution is 2.15. The van der Waals surface area contributed by atoms with Gasteiger partial charge in [0, 0.05) is 28.9 Å². The van der Waals surface area contributed by atoms with Crippen LogP contribution in [-0.2, 0) is 9.59 Å². The minimum atomic E-state index is -0.128. The lowest BCUT2D eigenvalue weighted by molar-refractivity contribution is -0.682. The lowest BCUT2D eigenvalue weighted by Crippen LogP contribution is -2.86. The average molecular weight is 347 g/mol. The van der Waals surface area contributed by atoms with E-state index >= 15 is 0 Å². The highest BCUT2D eigenvalue weighted by atomic mass is 35.5. The van der Waals surface area contributed by atoms with Crippen LogP contribution in [0.25, 0.3) is 0 Å². The number of hydrogen-bond acceptors (Lipinski definition) is 2. The fourth-order valence-electron chi connectivity index (χ4n) is 2.26. The lowest BCUT2D eigenvalue weighted by atomic mass is 10.1. The van der Waals surface area contributed by atoms with Gasteiger partial charge in [-0.15, -0.1) is 0 Å². The van der Waals surface area contributed by atoms with Crippen LogP contribution >= 0.6 is 11.6 Å². The van der Waals surface area contributed by atoms with Gasteiger partial charge >= 0.3 is 0 Å². The van der Waals surface area contributed by atoms with E-state index in [4.69, 9.17) is 11.6 Å². The number of carbonyl (C=O) groups is 2. The molecule has 5 nitrogen and oxygen atoms in total. The number of nitrogens with one attached hydrogen (secondary N) is 2. The summed E-state index contributed by atoms with van der Waals surface area (Å²) in [5, 5.41) is 8.15. The smallest absolute Gasteiger partial charge is 0.279 e. The molecular weight excluding hydrogens is 326 g/mol. The normalized spacial score (nSPS) is 11.6. The molecule has 126 valence electrons. The average Bonchev–Trinajstić information content (AvgIpc) is 2.54. The number of anilines is 2. The molecule has 6 heteroatoms. The van der Waals surface area contributed by atoms with E-state index in [2.05, 4.69) is 10.6 Å². The highest BCUT2D eigenvalue weighted by molar-refractivity contribution is 6.30. The van der Waals surface area contributed by atoms with Crippen molar-refractivity contribution >= 4 is 34.8 Å². The topological polar surface area (TPSA) is 74.8 Å². The Balaban J connectivity index is 1.83. The number of amides is 2. The molecule has 2 amide bonds. The molecule has 1 atom stereocenters. The molecule has 0 aliphatic carbocycles. The first-order valence-electron chi connectivity index (χ1n) is 7.70. The summed E-state index contributed by atoms with van der Waals surface area (Å²) >= 11 is 5.98. The Morgan fingerprint density at radius 3 is 2.29 bits per heavy atom. The van der Waals surface area contributed by atoms with Crippen LogP contribution in [0.3, 0.4) is 0 Å². The van der Waals surface area contributed by atoms with Crippen LogP contribution in [-0.4, -0.2) is 18.4 Å². The van der Waals surface area contributed by atoms with Crippen molar-refractivity contribution in [2.24, 2.45) is 0 Å². The van der Waals surface area contributed by atoms with Crippen LogP contribution in [0.2, 0.25) is 5.02 Å². The molecule has 0 heterocycles.